The van der Waals surface area contributed by atoms with E-state index in [-0.39, 0.29) is 4.90 Å². The van der Waals surface area contributed by atoms with Gasteiger partial charge in [0, 0.05) is 24.1 Å². The normalized spacial score (nSPS) is 13.3. The maximum absolute atomic E-state index is 12.5. The molecule has 0 saturated heterocycles. The molecule has 0 spiro atoms. The van der Waals surface area contributed by atoms with Crippen molar-refractivity contribution in [2.24, 2.45) is 0 Å². The number of rotatable bonds is 6. The molecule has 0 aliphatic carbocycles. The molecule has 0 saturated carbocycles. The van der Waals surface area contributed by atoms with Crippen LogP contribution in [0.5, 0.6) is 5.75 Å². The van der Waals surface area contributed by atoms with Crippen molar-refractivity contribution in [1.82, 2.24) is 14.3 Å². The maximum atomic E-state index is 12.5. The van der Waals surface area contributed by atoms with Crippen molar-refractivity contribution in [3.8, 4) is 11.4 Å². The number of benzene rings is 2. The standard InChI is InChI=1S/C18H16F3N3O3S/c1-13(14-2-4-15(5-3-14)24-11-10-22-12-24)23-28(25,26)17-8-6-16(7-9-17)27-18(19,20)21/h2-13,23H,1H3/t13-/m0/s1. The quantitative estimate of drug-likeness (QED) is 0.670. The summed E-state index contributed by atoms with van der Waals surface area (Å²) < 4.78 is 69.6. The van der Waals surface area contributed by atoms with Crippen LogP contribution < -0.4 is 9.46 Å². The van der Waals surface area contributed by atoms with E-state index in [0.717, 1.165) is 35.5 Å². The van der Waals surface area contributed by atoms with Crippen LogP contribution in [0.25, 0.3) is 5.69 Å². The van der Waals surface area contributed by atoms with Crippen molar-refractivity contribution >= 4 is 10.0 Å². The van der Waals surface area contributed by atoms with Crippen LogP contribution in [0, 0.1) is 0 Å². The van der Waals surface area contributed by atoms with E-state index in [1.165, 1.54) is 0 Å². The number of hydrogen-bond acceptors (Lipinski definition) is 4. The summed E-state index contributed by atoms with van der Waals surface area (Å²) in [5.74, 6) is -0.491. The number of nitrogens with one attached hydrogen (secondary N) is 1. The molecule has 3 rings (SSSR count). The highest BCUT2D eigenvalue weighted by Crippen LogP contribution is 2.25. The molecule has 6 nitrogen and oxygen atoms in total. The lowest BCUT2D eigenvalue weighted by Gasteiger charge is -2.16. The van der Waals surface area contributed by atoms with E-state index in [9.17, 15) is 21.6 Å². The molecule has 1 atom stereocenters. The van der Waals surface area contributed by atoms with E-state index in [1.54, 1.807) is 37.8 Å². The van der Waals surface area contributed by atoms with Crippen LogP contribution in [-0.4, -0.2) is 24.3 Å². The predicted octanol–water partition coefficient (Wildman–Crippen LogP) is 3.81. The van der Waals surface area contributed by atoms with Crippen LogP contribution in [0.1, 0.15) is 18.5 Å². The lowest BCUT2D eigenvalue weighted by molar-refractivity contribution is -0.274. The van der Waals surface area contributed by atoms with Crippen molar-refractivity contribution in [3.63, 3.8) is 0 Å². The van der Waals surface area contributed by atoms with Gasteiger partial charge in [0.15, 0.2) is 0 Å². The Kier molecular flexibility index (Phi) is 5.43. The molecule has 3 aromatic rings. The number of hydrogen-bond donors (Lipinski definition) is 1. The highest BCUT2D eigenvalue weighted by Gasteiger charge is 2.31. The van der Waals surface area contributed by atoms with Crippen molar-refractivity contribution in [1.29, 1.82) is 0 Å². The zero-order valence-electron chi connectivity index (χ0n) is 14.6. The minimum Gasteiger partial charge on any atom is -0.406 e. The first kappa shape index (κ1) is 19.9. The van der Waals surface area contributed by atoms with Gasteiger partial charge in [0.05, 0.1) is 11.2 Å². The summed E-state index contributed by atoms with van der Waals surface area (Å²) in [7, 11) is -3.92. The number of imidazole rings is 1. The first-order valence-electron chi connectivity index (χ1n) is 8.10. The van der Waals surface area contributed by atoms with Gasteiger partial charge in [0.2, 0.25) is 10.0 Å². The Bertz CT molecular complexity index is 1020. The lowest BCUT2D eigenvalue weighted by atomic mass is 10.1. The number of alkyl halides is 3. The lowest BCUT2D eigenvalue weighted by Crippen LogP contribution is -2.27. The summed E-state index contributed by atoms with van der Waals surface area (Å²) in [6.07, 6.45) is 0.242. The van der Waals surface area contributed by atoms with Gasteiger partial charge in [-0.05, 0) is 48.9 Å². The molecule has 10 heteroatoms. The number of nitrogens with zero attached hydrogens (tertiary/aromatic N) is 2. The topological polar surface area (TPSA) is 73.2 Å². The van der Waals surface area contributed by atoms with Crippen LogP contribution in [0.4, 0.5) is 13.2 Å². The van der Waals surface area contributed by atoms with Crippen LogP contribution in [0.3, 0.4) is 0 Å². The second-order valence-electron chi connectivity index (χ2n) is 5.92. The van der Waals surface area contributed by atoms with E-state index in [1.807, 2.05) is 16.7 Å². The fourth-order valence-electron chi connectivity index (χ4n) is 2.54. The Balaban J connectivity index is 1.71. The average Bonchev–Trinajstić information content (AvgIpc) is 3.15. The molecule has 0 unspecified atom stereocenters. The highest BCUT2D eigenvalue weighted by molar-refractivity contribution is 7.89. The summed E-state index contributed by atoms with van der Waals surface area (Å²) in [4.78, 5) is 3.80. The predicted molar refractivity (Wildman–Crippen MR) is 95.4 cm³/mol. The molecule has 1 N–H and O–H groups in total. The molecule has 0 bridgehead atoms. The molecule has 0 amide bonds. The smallest absolute Gasteiger partial charge is 0.406 e. The van der Waals surface area contributed by atoms with Gasteiger partial charge in [-0.15, -0.1) is 13.2 Å². The molecule has 0 fully saturated rings. The zero-order valence-corrected chi connectivity index (χ0v) is 15.4. The van der Waals surface area contributed by atoms with E-state index < -0.39 is 28.2 Å². The zero-order chi connectivity index (χ0) is 20.4. The fourth-order valence-corrected chi connectivity index (χ4v) is 3.77. The Labute approximate surface area is 159 Å². The van der Waals surface area contributed by atoms with Crippen LogP contribution in [-0.2, 0) is 10.0 Å². The minimum absolute atomic E-state index is 0.163. The molecule has 1 heterocycles. The second-order valence-corrected chi connectivity index (χ2v) is 7.64. The van der Waals surface area contributed by atoms with Gasteiger partial charge in [0.25, 0.3) is 0 Å². The third-order valence-corrected chi connectivity index (χ3v) is 5.45. The molecular formula is C18H16F3N3O3S. The summed E-state index contributed by atoms with van der Waals surface area (Å²) in [5, 5.41) is 0. The molecule has 2 aromatic carbocycles. The highest BCUT2D eigenvalue weighted by atomic mass is 32.2. The molecule has 148 valence electrons. The van der Waals surface area contributed by atoms with Gasteiger partial charge in [0.1, 0.15) is 5.75 Å². The number of halogens is 3. The van der Waals surface area contributed by atoms with Gasteiger partial charge in [-0.2, -0.15) is 0 Å². The second kappa shape index (κ2) is 7.64. The van der Waals surface area contributed by atoms with E-state index in [4.69, 9.17) is 0 Å². The fraction of sp³-hybridized carbons (Fsp3) is 0.167. The molecular weight excluding hydrogens is 395 g/mol. The van der Waals surface area contributed by atoms with Crippen molar-refractivity contribution < 1.29 is 26.3 Å². The van der Waals surface area contributed by atoms with E-state index in [0.29, 0.717) is 0 Å². The minimum atomic E-state index is -4.84. The van der Waals surface area contributed by atoms with Crippen molar-refractivity contribution in [2.45, 2.75) is 24.2 Å². The third-order valence-electron chi connectivity index (χ3n) is 3.90. The van der Waals surface area contributed by atoms with Gasteiger partial charge in [-0.25, -0.2) is 18.1 Å². The number of sulfonamides is 1. The third kappa shape index (κ3) is 4.90. The van der Waals surface area contributed by atoms with Crippen LogP contribution in [0.2, 0.25) is 0 Å². The monoisotopic (exact) mass is 411 g/mol. The largest absolute Gasteiger partial charge is 0.573 e. The molecule has 0 radical (unpaired) electrons. The first-order chi connectivity index (χ1) is 13.1. The van der Waals surface area contributed by atoms with Gasteiger partial charge >= 0.3 is 6.36 Å². The molecule has 0 aliphatic heterocycles. The molecule has 1 aromatic heterocycles. The van der Waals surface area contributed by atoms with E-state index in [2.05, 4.69) is 14.4 Å². The van der Waals surface area contributed by atoms with Crippen molar-refractivity contribution in [3.05, 3.63) is 72.8 Å². The summed E-state index contributed by atoms with van der Waals surface area (Å²) in [6, 6.07) is 10.7. The molecule has 28 heavy (non-hydrogen) atoms. The number of aromatic nitrogens is 2. The Morgan fingerprint density at radius 2 is 1.71 bits per heavy atom. The van der Waals surface area contributed by atoms with E-state index >= 15 is 0 Å². The summed E-state index contributed by atoms with van der Waals surface area (Å²) >= 11 is 0. The van der Waals surface area contributed by atoms with Gasteiger partial charge < -0.3 is 9.30 Å². The van der Waals surface area contributed by atoms with Crippen LogP contribution in [0.15, 0.2) is 72.1 Å². The van der Waals surface area contributed by atoms with Gasteiger partial charge in [-0.3, -0.25) is 0 Å². The summed E-state index contributed by atoms with van der Waals surface area (Å²) in [6.45, 7) is 1.67. The van der Waals surface area contributed by atoms with Crippen molar-refractivity contribution in [2.75, 3.05) is 0 Å². The summed E-state index contributed by atoms with van der Waals surface area (Å²) in [5.41, 5.74) is 1.60. The Morgan fingerprint density at radius 1 is 1.07 bits per heavy atom. The van der Waals surface area contributed by atoms with Crippen LogP contribution >= 0.6 is 0 Å². The number of ether oxygens (including phenoxy) is 1. The van der Waals surface area contributed by atoms with Gasteiger partial charge in [-0.1, -0.05) is 12.1 Å². The SMILES string of the molecule is C[C@H](NS(=O)(=O)c1ccc(OC(F)(F)F)cc1)c1ccc(-n2ccnc2)cc1. The molecule has 0 aliphatic rings. The average molecular weight is 411 g/mol. The first-order valence-corrected chi connectivity index (χ1v) is 9.59. The maximum Gasteiger partial charge on any atom is 0.573 e. The Hall–Kier alpha value is -2.85. The Morgan fingerprint density at radius 3 is 2.25 bits per heavy atom.